The van der Waals surface area contributed by atoms with Crippen LogP contribution in [0.5, 0.6) is 5.88 Å². The first-order valence-corrected chi connectivity index (χ1v) is 12.9. The van der Waals surface area contributed by atoms with Crippen molar-refractivity contribution in [3.05, 3.63) is 29.5 Å². The van der Waals surface area contributed by atoms with Gasteiger partial charge in [0, 0.05) is 31.6 Å². The van der Waals surface area contributed by atoms with Crippen LogP contribution in [0.4, 0.5) is 0 Å². The van der Waals surface area contributed by atoms with Crippen LogP contribution in [0.2, 0.25) is 0 Å². The number of fused-ring (bicyclic) bond motifs is 1. The third kappa shape index (κ3) is 5.29. The summed E-state index contributed by atoms with van der Waals surface area (Å²) in [5.41, 5.74) is 2.61. The van der Waals surface area contributed by atoms with Gasteiger partial charge in [-0.25, -0.2) is 4.98 Å². The zero-order chi connectivity index (χ0) is 24.2. The third-order valence-corrected chi connectivity index (χ3v) is 7.72. The highest BCUT2D eigenvalue weighted by Crippen LogP contribution is 2.33. The lowest BCUT2D eigenvalue weighted by molar-refractivity contribution is -0.136. The quantitative estimate of drug-likeness (QED) is 0.683. The zero-order valence-electron chi connectivity index (χ0n) is 20.8. The van der Waals surface area contributed by atoms with Crippen molar-refractivity contribution in [2.75, 3.05) is 26.7 Å². The lowest BCUT2D eigenvalue weighted by atomic mass is 9.88. The van der Waals surface area contributed by atoms with Gasteiger partial charge in [-0.3, -0.25) is 9.59 Å². The standard InChI is InChI=1S/C27H39N3O4/c1-18-15-30(19(2)17-31)27(33)23-13-22(20-9-7-8-10-20)14-28-25(23)34-24(18)16-29(3)26(32)21-11-5-4-6-12-21/h9,13-14,18-19,21,24,31H,4-8,10-12,15-17H2,1-3H3/t18-,19+,24+/m1/s1. The minimum atomic E-state index is -0.322. The molecular formula is C27H39N3O4. The number of likely N-dealkylation sites (N-methyl/N-ethyl adjacent to an activating group) is 1. The fraction of sp³-hybridized carbons (Fsp3) is 0.667. The van der Waals surface area contributed by atoms with Crippen molar-refractivity contribution in [1.82, 2.24) is 14.8 Å². The van der Waals surface area contributed by atoms with Crippen molar-refractivity contribution in [2.24, 2.45) is 11.8 Å². The maximum atomic E-state index is 13.6. The van der Waals surface area contributed by atoms with E-state index in [-0.39, 0.29) is 42.4 Å². The van der Waals surface area contributed by atoms with Crippen molar-refractivity contribution in [2.45, 2.75) is 77.4 Å². The van der Waals surface area contributed by atoms with E-state index < -0.39 is 0 Å². The SMILES string of the molecule is C[C@@H]1CN([C@@H](C)CO)C(=O)c2cc(C3=CCCC3)cnc2O[C@H]1CN(C)C(=O)C1CCCCC1. The molecule has 1 fully saturated rings. The number of carbonyl (C=O) groups excluding carboxylic acids is 2. The maximum absolute atomic E-state index is 13.6. The minimum Gasteiger partial charge on any atom is -0.472 e. The van der Waals surface area contributed by atoms with Crippen LogP contribution in [0.3, 0.4) is 0 Å². The van der Waals surface area contributed by atoms with E-state index in [1.54, 1.807) is 16.0 Å². The molecule has 34 heavy (non-hydrogen) atoms. The molecule has 1 aliphatic heterocycles. The summed E-state index contributed by atoms with van der Waals surface area (Å²) in [6.45, 7) is 4.68. The Balaban J connectivity index is 1.61. The molecule has 1 aromatic heterocycles. The van der Waals surface area contributed by atoms with Crippen LogP contribution >= 0.6 is 0 Å². The van der Waals surface area contributed by atoms with Gasteiger partial charge >= 0.3 is 0 Å². The number of rotatable bonds is 6. The topological polar surface area (TPSA) is 83.0 Å². The molecule has 1 aromatic rings. The first-order chi connectivity index (χ1) is 16.4. The van der Waals surface area contributed by atoms with Crippen LogP contribution in [-0.2, 0) is 4.79 Å². The number of amides is 2. The molecule has 0 unspecified atom stereocenters. The Kier molecular flexibility index (Phi) is 7.91. The molecule has 2 heterocycles. The molecule has 4 rings (SSSR count). The second-order valence-corrected chi connectivity index (χ2v) is 10.4. The fourth-order valence-electron chi connectivity index (χ4n) is 5.45. The first kappa shape index (κ1) is 24.7. The Bertz CT molecular complexity index is 924. The van der Waals surface area contributed by atoms with E-state index >= 15 is 0 Å². The van der Waals surface area contributed by atoms with E-state index in [0.717, 1.165) is 50.5 Å². The molecule has 7 nitrogen and oxygen atoms in total. The van der Waals surface area contributed by atoms with E-state index in [1.165, 1.54) is 12.0 Å². The van der Waals surface area contributed by atoms with Crippen LogP contribution in [0.15, 0.2) is 18.3 Å². The molecule has 0 aromatic carbocycles. The van der Waals surface area contributed by atoms with Gasteiger partial charge in [-0.15, -0.1) is 0 Å². The number of carbonyl (C=O) groups is 2. The average molecular weight is 470 g/mol. The van der Waals surface area contributed by atoms with Crippen molar-refractivity contribution >= 4 is 17.4 Å². The molecule has 3 atom stereocenters. The Hall–Kier alpha value is -2.41. The van der Waals surface area contributed by atoms with Gasteiger partial charge in [0.1, 0.15) is 11.7 Å². The van der Waals surface area contributed by atoms with Crippen LogP contribution in [0, 0.1) is 11.8 Å². The maximum Gasteiger partial charge on any atom is 0.259 e. The monoisotopic (exact) mass is 469 g/mol. The minimum absolute atomic E-state index is 0.0354. The van der Waals surface area contributed by atoms with E-state index in [2.05, 4.69) is 11.1 Å². The number of hydrogen-bond donors (Lipinski definition) is 1. The number of aliphatic hydroxyl groups is 1. The highest BCUT2D eigenvalue weighted by Gasteiger charge is 2.35. The van der Waals surface area contributed by atoms with Crippen molar-refractivity contribution in [3.63, 3.8) is 0 Å². The van der Waals surface area contributed by atoms with Gasteiger partial charge in [-0.2, -0.15) is 0 Å². The number of ether oxygens (including phenoxy) is 1. The second kappa shape index (κ2) is 10.9. The number of nitrogens with zero attached hydrogens (tertiary/aromatic N) is 3. The highest BCUT2D eigenvalue weighted by atomic mass is 16.5. The predicted molar refractivity (Wildman–Crippen MR) is 131 cm³/mol. The summed E-state index contributed by atoms with van der Waals surface area (Å²) in [7, 11) is 1.86. The number of hydrogen-bond acceptors (Lipinski definition) is 5. The molecule has 0 bridgehead atoms. The summed E-state index contributed by atoms with van der Waals surface area (Å²) in [6.07, 6.45) is 12.2. The Morgan fingerprint density at radius 2 is 2.06 bits per heavy atom. The van der Waals surface area contributed by atoms with Gasteiger partial charge in [-0.1, -0.05) is 32.3 Å². The third-order valence-electron chi connectivity index (χ3n) is 7.72. The largest absolute Gasteiger partial charge is 0.472 e. The van der Waals surface area contributed by atoms with E-state index in [4.69, 9.17) is 4.74 Å². The molecular weight excluding hydrogens is 430 g/mol. The smallest absolute Gasteiger partial charge is 0.259 e. The lowest BCUT2D eigenvalue weighted by Crippen LogP contribution is -2.51. The molecule has 186 valence electrons. The Morgan fingerprint density at radius 3 is 2.74 bits per heavy atom. The van der Waals surface area contributed by atoms with Gasteiger partial charge in [0.25, 0.3) is 5.91 Å². The van der Waals surface area contributed by atoms with Crippen LogP contribution in [0.25, 0.3) is 5.57 Å². The number of aromatic nitrogens is 1. The number of aliphatic hydroxyl groups excluding tert-OH is 1. The zero-order valence-corrected chi connectivity index (χ0v) is 20.8. The summed E-state index contributed by atoms with van der Waals surface area (Å²) in [5.74, 6) is 0.402. The van der Waals surface area contributed by atoms with Gasteiger partial charge < -0.3 is 19.6 Å². The Morgan fingerprint density at radius 1 is 1.29 bits per heavy atom. The molecule has 1 saturated carbocycles. The summed E-state index contributed by atoms with van der Waals surface area (Å²) in [4.78, 5) is 34.8. The molecule has 2 amide bonds. The number of allylic oxidation sites excluding steroid dienone is 2. The average Bonchev–Trinajstić information content (AvgIpc) is 3.40. The van der Waals surface area contributed by atoms with Crippen LogP contribution < -0.4 is 4.74 Å². The van der Waals surface area contributed by atoms with Gasteiger partial charge in [0.15, 0.2) is 0 Å². The van der Waals surface area contributed by atoms with Gasteiger partial charge in [0.05, 0.1) is 19.2 Å². The van der Waals surface area contributed by atoms with Crippen molar-refractivity contribution in [3.8, 4) is 5.88 Å². The van der Waals surface area contributed by atoms with Crippen molar-refractivity contribution in [1.29, 1.82) is 0 Å². The van der Waals surface area contributed by atoms with Gasteiger partial charge in [0.2, 0.25) is 11.8 Å². The molecule has 3 aliphatic rings. The Labute approximate surface area is 203 Å². The van der Waals surface area contributed by atoms with E-state index in [1.807, 2.05) is 27.0 Å². The summed E-state index contributed by atoms with van der Waals surface area (Å²) in [5, 5.41) is 9.85. The first-order valence-electron chi connectivity index (χ1n) is 12.9. The van der Waals surface area contributed by atoms with Crippen LogP contribution in [0.1, 0.15) is 81.1 Å². The van der Waals surface area contributed by atoms with Gasteiger partial charge in [-0.05, 0) is 56.2 Å². The van der Waals surface area contributed by atoms with Crippen LogP contribution in [-0.4, -0.2) is 70.6 Å². The number of pyridine rings is 1. The summed E-state index contributed by atoms with van der Waals surface area (Å²) < 4.78 is 6.37. The summed E-state index contributed by atoms with van der Waals surface area (Å²) in [6, 6.07) is 1.57. The van der Waals surface area contributed by atoms with E-state index in [9.17, 15) is 14.7 Å². The fourth-order valence-corrected chi connectivity index (χ4v) is 5.45. The molecule has 0 saturated heterocycles. The van der Waals surface area contributed by atoms with Crippen molar-refractivity contribution < 1.29 is 19.4 Å². The normalized spacial score (nSPS) is 24.5. The predicted octanol–water partition coefficient (Wildman–Crippen LogP) is 3.91. The second-order valence-electron chi connectivity index (χ2n) is 10.4. The highest BCUT2D eigenvalue weighted by molar-refractivity contribution is 5.97. The van der Waals surface area contributed by atoms with E-state index in [0.29, 0.717) is 24.5 Å². The molecule has 7 heteroatoms. The molecule has 1 N–H and O–H groups in total. The molecule has 0 radical (unpaired) electrons. The molecule has 0 spiro atoms. The summed E-state index contributed by atoms with van der Waals surface area (Å²) >= 11 is 0. The lowest BCUT2D eigenvalue weighted by Gasteiger charge is -2.38. The molecule has 2 aliphatic carbocycles.